The highest BCUT2D eigenvalue weighted by molar-refractivity contribution is 7.12. The number of hydrogen-bond donors (Lipinski definition) is 0. The summed E-state index contributed by atoms with van der Waals surface area (Å²) < 4.78 is 0. The molecule has 90 valence electrons. The van der Waals surface area contributed by atoms with Crippen LogP contribution in [0.1, 0.15) is 29.4 Å². The second-order valence-corrected chi connectivity index (χ2v) is 5.92. The zero-order valence-electron chi connectivity index (χ0n) is 9.57. The van der Waals surface area contributed by atoms with E-state index in [1.165, 1.54) is 11.3 Å². The third-order valence-corrected chi connectivity index (χ3v) is 4.39. The smallest absolute Gasteiger partial charge is 0.265 e. The van der Waals surface area contributed by atoms with Gasteiger partial charge in [-0.05, 0) is 31.2 Å². The lowest BCUT2D eigenvalue weighted by Crippen LogP contribution is -2.44. The summed E-state index contributed by atoms with van der Waals surface area (Å²) in [5.41, 5.74) is -0.419. The molecule has 1 aliphatic heterocycles. The summed E-state index contributed by atoms with van der Waals surface area (Å²) >= 11 is 7.31. The van der Waals surface area contributed by atoms with Crippen molar-refractivity contribution in [3.05, 3.63) is 21.3 Å². The number of likely N-dealkylation sites (tertiary alicyclic amines) is 1. The van der Waals surface area contributed by atoms with Crippen LogP contribution in [0.4, 0.5) is 0 Å². The molecular weight excluding hydrogens is 256 g/mol. The summed E-state index contributed by atoms with van der Waals surface area (Å²) in [6, 6.07) is 4.03. The highest BCUT2D eigenvalue weighted by Crippen LogP contribution is 2.31. The fraction of sp³-hybridized carbons (Fsp3) is 0.500. The Bertz CT molecular complexity index is 479. The Kier molecular flexibility index (Phi) is 3.41. The van der Waals surface area contributed by atoms with Gasteiger partial charge in [0.2, 0.25) is 0 Å². The van der Waals surface area contributed by atoms with E-state index in [-0.39, 0.29) is 5.91 Å². The Balaban J connectivity index is 2.17. The minimum Gasteiger partial charge on any atom is -0.336 e. The fourth-order valence-corrected chi connectivity index (χ4v) is 3.20. The van der Waals surface area contributed by atoms with Crippen LogP contribution in [0.15, 0.2) is 11.4 Å². The molecule has 0 radical (unpaired) electrons. The summed E-state index contributed by atoms with van der Waals surface area (Å²) in [6.45, 7) is 3.11. The Morgan fingerprint density at radius 1 is 1.71 bits per heavy atom. The molecule has 2 rings (SSSR count). The summed E-state index contributed by atoms with van der Waals surface area (Å²) in [4.78, 5) is 14.5. The van der Waals surface area contributed by atoms with Gasteiger partial charge in [0.05, 0.1) is 16.5 Å². The molecule has 5 heteroatoms. The molecule has 0 saturated carbocycles. The highest BCUT2D eigenvalue weighted by atomic mass is 35.5. The molecule has 3 nitrogen and oxygen atoms in total. The van der Waals surface area contributed by atoms with Gasteiger partial charge in [0.25, 0.3) is 5.91 Å². The monoisotopic (exact) mass is 268 g/mol. The van der Waals surface area contributed by atoms with Gasteiger partial charge >= 0.3 is 0 Å². The van der Waals surface area contributed by atoms with Gasteiger partial charge in [0.15, 0.2) is 0 Å². The Labute approximate surface area is 110 Å². The number of halogens is 1. The Morgan fingerprint density at radius 2 is 2.47 bits per heavy atom. The first-order chi connectivity index (χ1) is 8.06. The predicted molar refractivity (Wildman–Crippen MR) is 68.2 cm³/mol. The molecule has 0 aromatic carbocycles. The van der Waals surface area contributed by atoms with Crippen LogP contribution < -0.4 is 0 Å². The average Bonchev–Trinajstić information content (AvgIpc) is 2.75. The van der Waals surface area contributed by atoms with E-state index in [0.717, 1.165) is 12.8 Å². The minimum absolute atomic E-state index is 0.0498. The number of hydrogen-bond acceptors (Lipinski definition) is 3. The number of nitriles is 1. The van der Waals surface area contributed by atoms with Gasteiger partial charge in [-0.15, -0.1) is 11.3 Å². The average molecular weight is 269 g/mol. The van der Waals surface area contributed by atoms with Crippen molar-refractivity contribution in [2.75, 3.05) is 13.1 Å². The molecular formula is C12H13ClN2OS. The van der Waals surface area contributed by atoms with Gasteiger partial charge in [-0.1, -0.05) is 11.6 Å². The summed E-state index contributed by atoms with van der Waals surface area (Å²) in [7, 11) is 0. The molecule has 1 atom stereocenters. The van der Waals surface area contributed by atoms with Crippen molar-refractivity contribution < 1.29 is 4.79 Å². The fourth-order valence-electron chi connectivity index (χ4n) is 2.09. The van der Waals surface area contributed by atoms with E-state index in [1.54, 1.807) is 11.0 Å². The number of thiophene rings is 1. The second-order valence-electron chi connectivity index (χ2n) is 4.60. The summed E-state index contributed by atoms with van der Waals surface area (Å²) in [5, 5.41) is 11.4. The van der Waals surface area contributed by atoms with E-state index in [1.807, 2.05) is 12.3 Å². The van der Waals surface area contributed by atoms with Gasteiger partial charge < -0.3 is 4.90 Å². The molecule has 2 heterocycles. The largest absolute Gasteiger partial charge is 0.336 e. The van der Waals surface area contributed by atoms with Crippen LogP contribution in [0.5, 0.6) is 0 Å². The standard InChI is InChI=1S/C12H13ClN2OS/c1-12(7-14)4-2-5-15(8-12)11(16)10-9(13)3-6-17-10/h3,6H,2,4-5,8H2,1H3/t12-/m1/s1. The van der Waals surface area contributed by atoms with Crippen molar-refractivity contribution in [2.24, 2.45) is 5.41 Å². The van der Waals surface area contributed by atoms with Crippen LogP contribution in [0, 0.1) is 16.7 Å². The lowest BCUT2D eigenvalue weighted by atomic mass is 9.83. The third kappa shape index (κ3) is 2.46. The molecule has 1 fully saturated rings. The van der Waals surface area contributed by atoms with E-state index >= 15 is 0 Å². The lowest BCUT2D eigenvalue weighted by molar-refractivity contribution is 0.0635. The van der Waals surface area contributed by atoms with Crippen molar-refractivity contribution in [1.29, 1.82) is 5.26 Å². The molecule has 1 saturated heterocycles. The molecule has 0 aliphatic carbocycles. The van der Waals surface area contributed by atoms with Crippen LogP contribution in [0.3, 0.4) is 0 Å². The number of rotatable bonds is 1. The summed E-state index contributed by atoms with van der Waals surface area (Å²) in [6.07, 6.45) is 1.73. The quantitative estimate of drug-likeness (QED) is 0.785. The van der Waals surface area contributed by atoms with E-state index in [0.29, 0.717) is 23.0 Å². The van der Waals surface area contributed by atoms with Crippen molar-refractivity contribution in [2.45, 2.75) is 19.8 Å². The van der Waals surface area contributed by atoms with Gasteiger partial charge in [0.1, 0.15) is 4.88 Å². The van der Waals surface area contributed by atoms with E-state index in [9.17, 15) is 4.79 Å². The Morgan fingerprint density at radius 3 is 3.06 bits per heavy atom. The van der Waals surface area contributed by atoms with E-state index in [2.05, 4.69) is 6.07 Å². The third-order valence-electron chi connectivity index (χ3n) is 3.06. The topological polar surface area (TPSA) is 44.1 Å². The molecule has 1 aliphatic rings. The summed E-state index contributed by atoms with van der Waals surface area (Å²) in [5.74, 6) is -0.0498. The van der Waals surface area contributed by atoms with E-state index < -0.39 is 5.41 Å². The predicted octanol–water partition coefficient (Wildman–Crippen LogP) is 3.17. The molecule has 0 bridgehead atoms. The lowest BCUT2D eigenvalue weighted by Gasteiger charge is -2.35. The van der Waals surface area contributed by atoms with Gasteiger partial charge in [-0.25, -0.2) is 0 Å². The number of nitrogens with zero attached hydrogens (tertiary/aromatic N) is 2. The van der Waals surface area contributed by atoms with Crippen molar-refractivity contribution in [1.82, 2.24) is 4.90 Å². The highest BCUT2D eigenvalue weighted by Gasteiger charge is 2.34. The van der Waals surface area contributed by atoms with Gasteiger partial charge in [-0.2, -0.15) is 5.26 Å². The van der Waals surface area contributed by atoms with Crippen LogP contribution in [-0.4, -0.2) is 23.9 Å². The second kappa shape index (κ2) is 4.67. The zero-order chi connectivity index (χ0) is 12.5. The van der Waals surface area contributed by atoms with Crippen molar-refractivity contribution in [3.63, 3.8) is 0 Å². The normalized spacial score (nSPS) is 24.4. The first kappa shape index (κ1) is 12.4. The number of carbonyl (C=O) groups is 1. The maximum absolute atomic E-state index is 12.2. The van der Waals surface area contributed by atoms with Crippen LogP contribution >= 0.6 is 22.9 Å². The van der Waals surface area contributed by atoms with Crippen LogP contribution in [0.25, 0.3) is 0 Å². The minimum atomic E-state index is -0.419. The molecule has 1 aromatic heterocycles. The number of carbonyl (C=O) groups excluding carboxylic acids is 1. The SMILES string of the molecule is C[C@]1(C#N)CCCN(C(=O)c2sccc2Cl)C1. The first-order valence-electron chi connectivity index (χ1n) is 5.49. The maximum atomic E-state index is 12.2. The molecule has 0 N–H and O–H groups in total. The zero-order valence-corrected chi connectivity index (χ0v) is 11.1. The van der Waals surface area contributed by atoms with Crippen molar-refractivity contribution >= 4 is 28.8 Å². The van der Waals surface area contributed by atoms with Crippen LogP contribution in [0.2, 0.25) is 5.02 Å². The maximum Gasteiger partial charge on any atom is 0.265 e. The Hall–Kier alpha value is -1.05. The van der Waals surface area contributed by atoms with Crippen LogP contribution in [-0.2, 0) is 0 Å². The molecule has 1 amide bonds. The molecule has 0 unspecified atom stereocenters. The first-order valence-corrected chi connectivity index (χ1v) is 6.75. The van der Waals surface area contributed by atoms with Gasteiger partial charge in [-0.3, -0.25) is 4.79 Å². The van der Waals surface area contributed by atoms with Gasteiger partial charge in [0, 0.05) is 13.1 Å². The molecule has 17 heavy (non-hydrogen) atoms. The number of amides is 1. The van der Waals surface area contributed by atoms with E-state index in [4.69, 9.17) is 16.9 Å². The van der Waals surface area contributed by atoms with Crippen molar-refractivity contribution in [3.8, 4) is 6.07 Å². The number of piperidine rings is 1. The molecule has 0 spiro atoms. The molecule has 1 aromatic rings.